The van der Waals surface area contributed by atoms with Crippen molar-refractivity contribution in [2.24, 2.45) is 0 Å². The van der Waals surface area contributed by atoms with Crippen molar-refractivity contribution in [3.63, 3.8) is 0 Å². The van der Waals surface area contributed by atoms with Gasteiger partial charge in [0.25, 0.3) is 0 Å². The molecular weight excluding hydrogens is 918 g/mol. The van der Waals surface area contributed by atoms with Crippen LogP contribution < -0.4 is 0 Å². The van der Waals surface area contributed by atoms with Crippen LogP contribution in [0.3, 0.4) is 0 Å². The fourth-order valence-corrected chi connectivity index (χ4v) is 8.19. The molecule has 0 rings (SSSR count). The van der Waals surface area contributed by atoms with Gasteiger partial charge in [0.2, 0.25) is 0 Å². The fraction of sp³-hybridized carbons (Fsp3) is 0.677. The van der Waals surface area contributed by atoms with Gasteiger partial charge in [-0.3, -0.25) is 18.6 Å². The van der Waals surface area contributed by atoms with Gasteiger partial charge < -0.3 is 18.9 Å². The maximum Gasteiger partial charge on any atom is 0.472 e. The van der Waals surface area contributed by atoms with Gasteiger partial charge in [-0.25, -0.2) is 4.57 Å². The number of esters is 2. The van der Waals surface area contributed by atoms with Crippen LogP contribution in [0.2, 0.25) is 0 Å². The van der Waals surface area contributed by atoms with Crippen molar-refractivity contribution in [3.8, 4) is 0 Å². The number of hydrogen-bond donors (Lipinski definition) is 1. The average Bonchev–Trinajstić information content (AvgIpc) is 3.34. The molecule has 1 N–H and O–H groups in total. The molecule has 9 nitrogen and oxygen atoms in total. The minimum Gasteiger partial charge on any atom is -0.462 e. The van der Waals surface area contributed by atoms with Crippen molar-refractivity contribution in [2.45, 2.75) is 225 Å². The van der Waals surface area contributed by atoms with Gasteiger partial charge in [-0.2, -0.15) is 0 Å². The van der Waals surface area contributed by atoms with Crippen molar-refractivity contribution in [3.05, 3.63) is 109 Å². The molecule has 0 saturated carbocycles. The third-order valence-electron chi connectivity index (χ3n) is 11.8. The number of phosphoric ester groups is 1. The predicted octanol–water partition coefficient (Wildman–Crippen LogP) is 17.8. The van der Waals surface area contributed by atoms with E-state index in [0.717, 1.165) is 109 Å². The van der Waals surface area contributed by atoms with Gasteiger partial charge in [0, 0.05) is 12.8 Å². The lowest BCUT2D eigenvalue weighted by atomic mass is 10.0. The molecule has 0 aromatic rings. The van der Waals surface area contributed by atoms with Crippen LogP contribution in [-0.4, -0.2) is 74.9 Å². The second kappa shape index (κ2) is 52.5. The SMILES string of the molecule is CC/C=C\C/C=C\C/C=C\C/C=C\C/C=C\C/C=C\CCCCCCCCCCCCCCCCC(=O)OC(COC(=O)CCCCCCC/C=C\C/C=C\C/C=C\CC)COP(=O)(O)OCC[N+](C)(C)C. The molecule has 72 heavy (non-hydrogen) atoms. The Hall–Kier alpha value is -3.33. The van der Waals surface area contributed by atoms with Gasteiger partial charge in [-0.1, -0.05) is 220 Å². The van der Waals surface area contributed by atoms with Crippen molar-refractivity contribution in [2.75, 3.05) is 47.5 Å². The molecule has 0 aromatic carbocycles. The summed E-state index contributed by atoms with van der Waals surface area (Å²) in [5, 5.41) is 0. The molecule has 0 bridgehead atoms. The van der Waals surface area contributed by atoms with Gasteiger partial charge in [0.05, 0.1) is 27.7 Å². The quantitative estimate of drug-likeness (QED) is 0.0211. The smallest absolute Gasteiger partial charge is 0.462 e. The molecule has 0 radical (unpaired) electrons. The van der Waals surface area contributed by atoms with E-state index in [1.165, 1.54) is 70.6 Å². The largest absolute Gasteiger partial charge is 0.472 e. The van der Waals surface area contributed by atoms with Crippen molar-refractivity contribution in [1.29, 1.82) is 0 Å². The van der Waals surface area contributed by atoms with Crippen molar-refractivity contribution in [1.82, 2.24) is 0 Å². The second-order valence-electron chi connectivity index (χ2n) is 19.9. The topological polar surface area (TPSA) is 108 Å². The first-order valence-electron chi connectivity index (χ1n) is 28.6. The highest BCUT2D eigenvalue weighted by molar-refractivity contribution is 7.47. The number of hydrogen-bond acceptors (Lipinski definition) is 7. The number of allylic oxidation sites excluding steroid dienone is 18. The first-order valence-corrected chi connectivity index (χ1v) is 30.1. The van der Waals surface area contributed by atoms with E-state index in [9.17, 15) is 19.0 Å². The van der Waals surface area contributed by atoms with Crippen LogP contribution in [0.25, 0.3) is 0 Å². The summed E-state index contributed by atoms with van der Waals surface area (Å²) in [6, 6.07) is 0. The van der Waals surface area contributed by atoms with Gasteiger partial charge >= 0.3 is 19.8 Å². The number of nitrogens with zero attached hydrogens (tertiary/aromatic N) is 1. The predicted molar refractivity (Wildman–Crippen MR) is 307 cm³/mol. The zero-order chi connectivity index (χ0) is 52.7. The Balaban J connectivity index is 4.11. The van der Waals surface area contributed by atoms with Crippen LogP contribution in [0, 0.1) is 0 Å². The molecule has 10 heteroatoms. The number of unbranched alkanes of at least 4 members (excludes halogenated alkanes) is 19. The normalized spacial score (nSPS) is 14.1. The highest BCUT2D eigenvalue weighted by Gasteiger charge is 2.27. The van der Waals surface area contributed by atoms with Crippen LogP contribution >= 0.6 is 7.82 Å². The third kappa shape index (κ3) is 56.0. The Kier molecular flexibility index (Phi) is 50.1. The monoisotopic (exact) mass is 1020 g/mol. The van der Waals surface area contributed by atoms with Crippen LogP contribution in [0.4, 0.5) is 0 Å². The molecular formula is C62H107NO8P+. The van der Waals surface area contributed by atoms with Crippen LogP contribution in [0.5, 0.6) is 0 Å². The highest BCUT2D eigenvalue weighted by Crippen LogP contribution is 2.43. The van der Waals surface area contributed by atoms with E-state index in [4.69, 9.17) is 18.5 Å². The number of quaternary nitrogens is 1. The minimum absolute atomic E-state index is 0.0240. The Labute approximate surface area is 442 Å². The van der Waals surface area contributed by atoms with E-state index in [-0.39, 0.29) is 32.0 Å². The lowest BCUT2D eigenvalue weighted by molar-refractivity contribution is -0.870. The Morgan fingerprint density at radius 3 is 1.11 bits per heavy atom. The lowest BCUT2D eigenvalue weighted by Crippen LogP contribution is -2.37. The highest BCUT2D eigenvalue weighted by atomic mass is 31.2. The number of likely N-dealkylation sites (N-methyl/N-ethyl adjacent to an activating group) is 1. The zero-order valence-electron chi connectivity index (χ0n) is 46.6. The maximum atomic E-state index is 12.8. The van der Waals surface area contributed by atoms with Crippen molar-refractivity contribution >= 4 is 19.8 Å². The Morgan fingerprint density at radius 2 is 0.750 bits per heavy atom. The molecule has 0 heterocycles. The minimum atomic E-state index is -4.39. The van der Waals surface area contributed by atoms with Gasteiger partial charge in [0.15, 0.2) is 6.10 Å². The fourth-order valence-electron chi connectivity index (χ4n) is 7.44. The molecule has 0 spiro atoms. The summed E-state index contributed by atoms with van der Waals surface area (Å²) in [6.45, 7) is 4.18. The zero-order valence-corrected chi connectivity index (χ0v) is 47.5. The average molecular weight is 1030 g/mol. The van der Waals surface area contributed by atoms with E-state index < -0.39 is 26.5 Å². The number of carbonyl (C=O) groups excluding carboxylic acids is 2. The van der Waals surface area contributed by atoms with Gasteiger partial charge in [-0.15, -0.1) is 0 Å². The van der Waals surface area contributed by atoms with E-state index in [1.54, 1.807) is 0 Å². The number of ether oxygens (including phenoxy) is 2. The molecule has 0 aliphatic rings. The van der Waals surface area contributed by atoms with Gasteiger partial charge in [0.1, 0.15) is 19.8 Å². The molecule has 2 atom stereocenters. The summed E-state index contributed by atoms with van der Waals surface area (Å²) in [7, 11) is 1.46. The summed E-state index contributed by atoms with van der Waals surface area (Å²) in [4.78, 5) is 35.6. The summed E-state index contributed by atoms with van der Waals surface area (Å²) in [5.74, 6) is -0.822. The molecule has 0 fully saturated rings. The number of phosphoric acid groups is 1. The summed E-state index contributed by atoms with van der Waals surface area (Å²) in [6.07, 6.45) is 73.1. The standard InChI is InChI=1S/C62H106NO8P/c1-6-8-10-12-14-16-18-20-22-23-24-25-26-27-28-29-30-31-32-33-34-35-36-37-38-39-41-43-45-47-49-51-53-55-62(65)71-60(59-70-72(66,67)69-57-56-63(3,4)5)58-68-61(64)54-52-50-48-46-44-42-40-21-19-17-15-13-11-9-7-2/h8-11,14-17,20-22,24-25,27-28,30-31,40,60H,6-7,12-13,18-19,23,26,29,32-39,41-59H2,1-5H3/p+1/b10-8-,11-9-,16-14-,17-15-,22-20-,25-24-,28-27-,31-30-,40-21-. The van der Waals surface area contributed by atoms with E-state index in [0.29, 0.717) is 23.9 Å². The van der Waals surface area contributed by atoms with E-state index in [2.05, 4.69) is 123 Å². The molecule has 2 unspecified atom stereocenters. The number of carbonyl (C=O) groups is 2. The van der Waals surface area contributed by atoms with Crippen molar-refractivity contribution < 1.29 is 42.1 Å². The maximum absolute atomic E-state index is 12.8. The van der Waals surface area contributed by atoms with Crippen LogP contribution in [-0.2, 0) is 32.7 Å². The molecule has 0 aromatic heterocycles. The second-order valence-corrected chi connectivity index (χ2v) is 21.4. The molecule has 412 valence electrons. The Morgan fingerprint density at radius 1 is 0.431 bits per heavy atom. The van der Waals surface area contributed by atoms with Gasteiger partial charge in [-0.05, 0) is 96.3 Å². The summed E-state index contributed by atoms with van der Waals surface area (Å²) in [5.41, 5.74) is 0. The Bertz CT molecular complexity index is 1580. The number of rotatable bonds is 51. The van der Waals surface area contributed by atoms with E-state index in [1.807, 2.05) is 21.1 Å². The van der Waals surface area contributed by atoms with Crippen LogP contribution in [0.1, 0.15) is 219 Å². The van der Waals surface area contributed by atoms with E-state index >= 15 is 0 Å². The molecule has 0 aliphatic heterocycles. The summed E-state index contributed by atoms with van der Waals surface area (Å²) >= 11 is 0. The summed E-state index contributed by atoms with van der Waals surface area (Å²) < 4.78 is 34.5. The molecule has 0 amide bonds. The molecule has 0 aliphatic carbocycles. The lowest BCUT2D eigenvalue weighted by Gasteiger charge is -2.24. The first-order chi connectivity index (χ1) is 35.0. The molecule has 0 saturated heterocycles. The van der Waals surface area contributed by atoms with Crippen LogP contribution in [0.15, 0.2) is 109 Å². The first kappa shape index (κ1) is 68.7. The third-order valence-corrected chi connectivity index (χ3v) is 12.8.